The summed E-state index contributed by atoms with van der Waals surface area (Å²) in [5.74, 6) is 0.794. The normalized spacial score (nSPS) is 39.8. The Morgan fingerprint density at radius 1 is 1.10 bits per heavy atom. The van der Waals surface area contributed by atoms with Crippen molar-refractivity contribution < 1.29 is 37.3 Å². The first-order valence-corrected chi connectivity index (χ1v) is 16.2. The Labute approximate surface area is 237 Å². The summed E-state index contributed by atoms with van der Waals surface area (Å²) in [5.41, 5.74) is 0.166. The van der Waals surface area contributed by atoms with E-state index in [0.29, 0.717) is 17.8 Å². The minimum absolute atomic E-state index is 0.00543. The molecule has 4 aliphatic rings. The van der Waals surface area contributed by atoms with Gasteiger partial charge in [0.15, 0.2) is 11.6 Å². The second-order valence-corrected chi connectivity index (χ2v) is 15.1. The molecule has 0 saturated heterocycles. The van der Waals surface area contributed by atoms with E-state index in [9.17, 15) is 27.8 Å². The van der Waals surface area contributed by atoms with E-state index in [2.05, 4.69) is 13.8 Å². The number of carbonyl (C=O) groups excluding carboxylic acids is 1. The first kappa shape index (κ1) is 29.6. The molecule has 0 unspecified atom stereocenters. The molecule has 8 nitrogen and oxygen atoms in total. The van der Waals surface area contributed by atoms with Gasteiger partial charge in [-0.1, -0.05) is 20.8 Å². The summed E-state index contributed by atoms with van der Waals surface area (Å²) >= 11 is 0. The second kappa shape index (κ2) is 10.7. The highest BCUT2D eigenvalue weighted by Crippen LogP contribution is 2.68. The number of halogens is 1. The first-order chi connectivity index (χ1) is 18.8. The van der Waals surface area contributed by atoms with Crippen molar-refractivity contribution in [3.05, 3.63) is 24.0 Å². The number of carbonyl (C=O) groups is 1. The monoisotopic (exact) mass is 581 g/mol. The lowest BCUT2D eigenvalue weighted by Crippen LogP contribution is -2.58. The average Bonchev–Trinajstić information content (AvgIpc) is 3.25. The molecule has 10 heteroatoms. The van der Waals surface area contributed by atoms with Crippen LogP contribution in [0.15, 0.2) is 23.1 Å². The van der Waals surface area contributed by atoms with Crippen LogP contribution in [0.4, 0.5) is 9.18 Å². The quantitative estimate of drug-likeness (QED) is 0.438. The highest BCUT2D eigenvalue weighted by Gasteiger charge is 2.62. The Morgan fingerprint density at radius 3 is 2.50 bits per heavy atom. The van der Waals surface area contributed by atoms with Crippen LogP contribution < -0.4 is 9.46 Å². The number of benzene rings is 1. The van der Waals surface area contributed by atoms with Crippen LogP contribution in [0.3, 0.4) is 0 Å². The smallest absolute Gasteiger partial charge is 0.421 e. The van der Waals surface area contributed by atoms with Crippen LogP contribution in [0.2, 0.25) is 0 Å². The number of amides is 1. The van der Waals surface area contributed by atoms with Gasteiger partial charge >= 0.3 is 6.09 Å². The number of nitrogens with one attached hydrogen (secondary N) is 1. The molecule has 4 aliphatic carbocycles. The maximum absolute atomic E-state index is 14.0. The predicted octanol–water partition coefficient (Wildman–Crippen LogP) is 4.88. The molecule has 0 bridgehead atoms. The molecule has 5 rings (SSSR count). The molecule has 0 spiro atoms. The fourth-order valence-corrected chi connectivity index (χ4v) is 10.4. The summed E-state index contributed by atoms with van der Waals surface area (Å²) in [7, 11) is -3.03. The van der Waals surface area contributed by atoms with Crippen molar-refractivity contribution in [2.45, 2.75) is 89.2 Å². The molecule has 10 atom stereocenters. The molecule has 1 aromatic rings. The minimum Gasteiger partial charge on any atom is -0.494 e. The second-order valence-electron chi connectivity index (χ2n) is 13.4. The number of sulfonamides is 1. The van der Waals surface area contributed by atoms with E-state index in [1.54, 1.807) is 0 Å². The highest BCUT2D eigenvalue weighted by atomic mass is 32.2. The van der Waals surface area contributed by atoms with Crippen LogP contribution in [0.25, 0.3) is 0 Å². The van der Waals surface area contributed by atoms with Gasteiger partial charge in [-0.05, 0) is 116 Å². The molecule has 3 N–H and O–H groups in total. The standard InChI is InChI=1S/C30H44FNO7S/c1-17(16-39-28(35)32-40(36,37)20-5-8-26(38-4)24(31)15-20)21-6-7-22-27-23(10-12-30(21,22)3)29(2)11-9-19(33)13-18(29)14-25(27)34/h5,8,15,17-19,21-23,25,27,33-34H,6-7,9-14,16H2,1-4H3,(H,32,35)/t17-,18+,19-,21-,22+,23+,25-,27+,29+,30-/m1/s1. The zero-order valence-corrected chi connectivity index (χ0v) is 24.8. The molecule has 0 aliphatic heterocycles. The van der Waals surface area contributed by atoms with E-state index in [-0.39, 0.29) is 53.1 Å². The number of rotatable bonds is 6. The summed E-state index contributed by atoms with van der Waals surface area (Å²) in [5, 5.41) is 21.7. The lowest BCUT2D eigenvalue weighted by Gasteiger charge is -2.62. The van der Waals surface area contributed by atoms with E-state index in [0.717, 1.165) is 63.5 Å². The SMILES string of the molecule is COc1ccc(S(=O)(=O)NC(=O)OC[C@@H](C)[C@H]2CC[C@H]3[C@@H]4[C@H](O)C[C@@H]5C[C@H](O)CC[C@]5(C)[C@H]4CC[C@]23C)cc1F. The van der Waals surface area contributed by atoms with Crippen LogP contribution in [0, 0.1) is 52.2 Å². The highest BCUT2D eigenvalue weighted by molar-refractivity contribution is 7.90. The van der Waals surface area contributed by atoms with Gasteiger partial charge in [-0.25, -0.2) is 22.3 Å². The molecule has 4 saturated carbocycles. The lowest BCUT2D eigenvalue weighted by molar-refractivity contribution is -0.174. The lowest BCUT2D eigenvalue weighted by atomic mass is 9.43. The number of ether oxygens (including phenoxy) is 2. The number of hydrogen-bond donors (Lipinski definition) is 3. The van der Waals surface area contributed by atoms with Crippen molar-refractivity contribution in [1.82, 2.24) is 4.72 Å². The molecule has 0 radical (unpaired) electrons. The molecule has 1 aromatic carbocycles. The van der Waals surface area contributed by atoms with Gasteiger partial charge in [0, 0.05) is 0 Å². The zero-order valence-electron chi connectivity index (χ0n) is 23.9. The summed E-state index contributed by atoms with van der Waals surface area (Å²) in [6.07, 6.45) is 5.82. The Balaban J connectivity index is 1.22. The fourth-order valence-electron chi connectivity index (χ4n) is 9.51. The van der Waals surface area contributed by atoms with Crippen molar-refractivity contribution in [3.8, 4) is 5.75 Å². The van der Waals surface area contributed by atoms with Gasteiger partial charge in [-0.2, -0.15) is 0 Å². The van der Waals surface area contributed by atoms with Crippen molar-refractivity contribution in [2.24, 2.45) is 46.3 Å². The predicted molar refractivity (Wildman–Crippen MR) is 146 cm³/mol. The first-order valence-electron chi connectivity index (χ1n) is 14.7. The molecular weight excluding hydrogens is 537 g/mol. The van der Waals surface area contributed by atoms with Crippen molar-refractivity contribution >= 4 is 16.1 Å². The molecule has 0 heterocycles. The van der Waals surface area contributed by atoms with Gasteiger partial charge in [0.05, 0.1) is 30.8 Å². The van der Waals surface area contributed by atoms with Gasteiger partial charge in [0.2, 0.25) is 0 Å². The third-order valence-corrected chi connectivity index (χ3v) is 12.9. The van der Waals surface area contributed by atoms with E-state index >= 15 is 0 Å². The topological polar surface area (TPSA) is 122 Å². The Kier molecular flexibility index (Phi) is 7.94. The van der Waals surface area contributed by atoms with Crippen LogP contribution in [-0.4, -0.2) is 50.6 Å². The van der Waals surface area contributed by atoms with E-state index in [1.165, 1.54) is 13.2 Å². The number of fused-ring (bicyclic) bond motifs is 5. The molecular formula is C30H44FNO7S. The summed E-state index contributed by atoms with van der Waals surface area (Å²) in [4.78, 5) is 12.1. The summed E-state index contributed by atoms with van der Waals surface area (Å²) in [6.45, 7) is 6.84. The van der Waals surface area contributed by atoms with Crippen LogP contribution in [-0.2, 0) is 14.8 Å². The largest absolute Gasteiger partial charge is 0.494 e. The van der Waals surface area contributed by atoms with Crippen molar-refractivity contribution in [3.63, 3.8) is 0 Å². The number of methoxy groups -OCH3 is 1. The molecule has 4 fully saturated rings. The van der Waals surface area contributed by atoms with Gasteiger partial charge in [0.25, 0.3) is 10.0 Å². The molecule has 0 aromatic heterocycles. The maximum Gasteiger partial charge on any atom is 0.421 e. The Morgan fingerprint density at radius 2 is 1.80 bits per heavy atom. The average molecular weight is 582 g/mol. The van der Waals surface area contributed by atoms with E-state index in [4.69, 9.17) is 9.47 Å². The van der Waals surface area contributed by atoms with Crippen LogP contribution in [0.1, 0.15) is 72.1 Å². The van der Waals surface area contributed by atoms with Gasteiger partial charge in [-0.3, -0.25) is 0 Å². The minimum atomic E-state index is -4.31. The Bertz CT molecular complexity index is 1230. The zero-order chi connectivity index (χ0) is 29.0. The van der Waals surface area contributed by atoms with E-state index < -0.39 is 26.8 Å². The van der Waals surface area contributed by atoms with Crippen LogP contribution in [0.5, 0.6) is 5.75 Å². The van der Waals surface area contributed by atoms with Gasteiger partial charge in [0.1, 0.15) is 0 Å². The molecule has 1 amide bonds. The van der Waals surface area contributed by atoms with Crippen molar-refractivity contribution in [2.75, 3.05) is 13.7 Å². The van der Waals surface area contributed by atoms with Crippen molar-refractivity contribution in [1.29, 1.82) is 0 Å². The van der Waals surface area contributed by atoms with E-state index in [1.807, 2.05) is 11.6 Å². The number of aliphatic hydroxyl groups is 2. The summed E-state index contributed by atoms with van der Waals surface area (Å²) < 4.78 is 51.2. The molecule has 40 heavy (non-hydrogen) atoms. The molecule has 224 valence electrons. The van der Waals surface area contributed by atoms with Gasteiger partial charge < -0.3 is 19.7 Å². The third kappa shape index (κ3) is 5.02. The van der Waals surface area contributed by atoms with Crippen LogP contribution >= 0.6 is 0 Å². The Hall–Kier alpha value is -1.91. The number of aliphatic hydroxyl groups excluding tert-OH is 2. The third-order valence-electron chi connectivity index (χ3n) is 11.5. The summed E-state index contributed by atoms with van der Waals surface area (Å²) in [6, 6.07) is 3.14. The number of hydrogen-bond acceptors (Lipinski definition) is 7. The maximum atomic E-state index is 14.0. The fraction of sp³-hybridized carbons (Fsp3) is 0.767. The van der Waals surface area contributed by atoms with Gasteiger partial charge in [-0.15, -0.1) is 0 Å².